The highest BCUT2D eigenvalue weighted by atomic mass is 16.5. The Balaban J connectivity index is 2.39. The summed E-state index contributed by atoms with van der Waals surface area (Å²) >= 11 is 0. The summed E-state index contributed by atoms with van der Waals surface area (Å²) in [5, 5.41) is 0. The van der Waals surface area contributed by atoms with Crippen LogP contribution in [0.3, 0.4) is 0 Å². The molecule has 0 atom stereocenters. The van der Waals surface area contributed by atoms with Crippen LogP contribution in [-0.4, -0.2) is 7.11 Å². The third kappa shape index (κ3) is 1.96. The summed E-state index contributed by atoms with van der Waals surface area (Å²) in [5.41, 5.74) is 4.16. The topological polar surface area (TPSA) is 9.23 Å². The second-order valence-electron chi connectivity index (χ2n) is 3.78. The van der Waals surface area contributed by atoms with Gasteiger partial charge in [-0.3, -0.25) is 0 Å². The van der Waals surface area contributed by atoms with Gasteiger partial charge in [0.25, 0.3) is 0 Å². The van der Waals surface area contributed by atoms with Gasteiger partial charge < -0.3 is 4.74 Å². The first-order valence-electron chi connectivity index (χ1n) is 5.32. The summed E-state index contributed by atoms with van der Waals surface area (Å²) in [6, 6.07) is 6.33. The minimum absolute atomic E-state index is 0.952. The van der Waals surface area contributed by atoms with Gasteiger partial charge in [0, 0.05) is 0 Å². The zero-order chi connectivity index (χ0) is 10.7. The molecule has 0 saturated carbocycles. The fraction of sp³-hybridized carbons (Fsp3) is 0.286. The number of methoxy groups -OCH3 is 1. The predicted molar refractivity (Wildman–Crippen MR) is 64.1 cm³/mol. The van der Waals surface area contributed by atoms with Crippen molar-refractivity contribution < 1.29 is 4.74 Å². The van der Waals surface area contributed by atoms with Crippen molar-refractivity contribution >= 4 is 5.57 Å². The lowest BCUT2D eigenvalue weighted by molar-refractivity contribution is 0.414. The first-order valence-corrected chi connectivity index (χ1v) is 5.32. The Labute approximate surface area is 91.1 Å². The first-order chi connectivity index (χ1) is 7.35. The van der Waals surface area contributed by atoms with Crippen molar-refractivity contribution in [2.45, 2.75) is 19.3 Å². The lowest BCUT2D eigenvalue weighted by Crippen LogP contribution is -2.00. The molecule has 0 aromatic heterocycles. The SMILES string of the molecule is C=CCC1=CCCc2cc(OC)ccc21. The van der Waals surface area contributed by atoms with Crippen LogP contribution in [0, 0.1) is 0 Å². The third-order valence-electron chi connectivity index (χ3n) is 2.83. The lowest BCUT2D eigenvalue weighted by atomic mass is 9.89. The van der Waals surface area contributed by atoms with Crippen molar-refractivity contribution in [2.24, 2.45) is 0 Å². The molecule has 0 N–H and O–H groups in total. The number of allylic oxidation sites excluding steroid dienone is 3. The number of hydrogen-bond acceptors (Lipinski definition) is 1. The van der Waals surface area contributed by atoms with E-state index in [0.29, 0.717) is 0 Å². The summed E-state index contributed by atoms with van der Waals surface area (Å²) in [4.78, 5) is 0. The van der Waals surface area contributed by atoms with E-state index in [2.05, 4.69) is 24.8 Å². The van der Waals surface area contributed by atoms with Gasteiger partial charge in [-0.1, -0.05) is 18.2 Å². The van der Waals surface area contributed by atoms with E-state index in [-0.39, 0.29) is 0 Å². The van der Waals surface area contributed by atoms with Crippen LogP contribution in [0.15, 0.2) is 36.9 Å². The van der Waals surface area contributed by atoms with E-state index in [1.54, 1.807) is 7.11 Å². The van der Waals surface area contributed by atoms with Gasteiger partial charge in [0.2, 0.25) is 0 Å². The predicted octanol–water partition coefficient (Wildman–Crippen LogP) is 3.60. The third-order valence-corrected chi connectivity index (χ3v) is 2.83. The van der Waals surface area contributed by atoms with Crippen molar-refractivity contribution in [3.63, 3.8) is 0 Å². The summed E-state index contributed by atoms with van der Waals surface area (Å²) in [5.74, 6) is 0.952. The van der Waals surface area contributed by atoms with Crippen LogP contribution in [0.2, 0.25) is 0 Å². The monoisotopic (exact) mass is 200 g/mol. The molecule has 1 aromatic carbocycles. The smallest absolute Gasteiger partial charge is 0.119 e. The van der Waals surface area contributed by atoms with Gasteiger partial charge in [-0.15, -0.1) is 6.58 Å². The summed E-state index contributed by atoms with van der Waals surface area (Å²) in [6.07, 6.45) is 7.48. The van der Waals surface area contributed by atoms with Crippen molar-refractivity contribution in [3.8, 4) is 5.75 Å². The molecule has 0 spiro atoms. The molecule has 1 nitrogen and oxygen atoms in total. The van der Waals surface area contributed by atoms with E-state index in [9.17, 15) is 0 Å². The van der Waals surface area contributed by atoms with Crippen molar-refractivity contribution in [1.29, 1.82) is 0 Å². The molecule has 0 fully saturated rings. The van der Waals surface area contributed by atoms with Crippen LogP contribution in [0.1, 0.15) is 24.0 Å². The minimum atomic E-state index is 0.952. The van der Waals surface area contributed by atoms with E-state index in [4.69, 9.17) is 4.74 Å². The molecule has 1 heteroatoms. The molecule has 0 amide bonds. The first kappa shape index (κ1) is 10.0. The zero-order valence-corrected chi connectivity index (χ0v) is 9.12. The van der Waals surface area contributed by atoms with Gasteiger partial charge in [0.05, 0.1) is 7.11 Å². The molecule has 0 aliphatic heterocycles. The quantitative estimate of drug-likeness (QED) is 0.677. The molecular weight excluding hydrogens is 184 g/mol. The van der Waals surface area contributed by atoms with Crippen LogP contribution < -0.4 is 4.74 Å². The van der Waals surface area contributed by atoms with Crippen molar-refractivity contribution in [1.82, 2.24) is 0 Å². The molecule has 2 rings (SSSR count). The lowest BCUT2D eigenvalue weighted by Gasteiger charge is -2.17. The Morgan fingerprint density at radius 2 is 2.33 bits per heavy atom. The van der Waals surface area contributed by atoms with Gasteiger partial charge in [-0.2, -0.15) is 0 Å². The van der Waals surface area contributed by atoms with Crippen LogP contribution in [0.4, 0.5) is 0 Å². The number of rotatable bonds is 3. The van der Waals surface area contributed by atoms with E-state index in [0.717, 1.165) is 25.0 Å². The van der Waals surface area contributed by atoms with Crippen molar-refractivity contribution in [3.05, 3.63) is 48.1 Å². The number of fused-ring (bicyclic) bond motifs is 1. The van der Waals surface area contributed by atoms with Gasteiger partial charge in [-0.05, 0) is 48.1 Å². The number of benzene rings is 1. The summed E-state index contributed by atoms with van der Waals surface area (Å²) < 4.78 is 5.24. The second kappa shape index (κ2) is 4.35. The molecule has 0 unspecified atom stereocenters. The fourth-order valence-electron chi connectivity index (χ4n) is 2.08. The molecule has 0 radical (unpaired) electrons. The molecule has 0 bridgehead atoms. The normalized spacial score (nSPS) is 14.1. The Morgan fingerprint density at radius 1 is 1.47 bits per heavy atom. The van der Waals surface area contributed by atoms with Gasteiger partial charge >= 0.3 is 0 Å². The highest BCUT2D eigenvalue weighted by molar-refractivity contribution is 5.71. The highest BCUT2D eigenvalue weighted by Gasteiger charge is 2.11. The molecule has 1 aliphatic carbocycles. The fourth-order valence-corrected chi connectivity index (χ4v) is 2.08. The van der Waals surface area contributed by atoms with Crippen molar-refractivity contribution in [2.75, 3.05) is 7.11 Å². The van der Waals surface area contributed by atoms with E-state index in [1.807, 2.05) is 12.1 Å². The standard InChI is InChI=1S/C14H16O/c1-3-5-11-6-4-7-12-10-13(15-2)8-9-14(11)12/h3,6,8-10H,1,4-5,7H2,2H3. The second-order valence-corrected chi connectivity index (χ2v) is 3.78. The Bertz CT molecular complexity index is 402. The molecule has 0 saturated heterocycles. The molecule has 78 valence electrons. The van der Waals surface area contributed by atoms with E-state index >= 15 is 0 Å². The maximum atomic E-state index is 5.24. The van der Waals surface area contributed by atoms with Crippen LogP contribution in [0.25, 0.3) is 5.57 Å². The Kier molecular flexibility index (Phi) is 2.91. The summed E-state index contributed by atoms with van der Waals surface area (Å²) in [7, 11) is 1.71. The van der Waals surface area contributed by atoms with Gasteiger partial charge in [-0.25, -0.2) is 0 Å². The largest absolute Gasteiger partial charge is 0.497 e. The van der Waals surface area contributed by atoms with E-state index < -0.39 is 0 Å². The maximum Gasteiger partial charge on any atom is 0.119 e. The average Bonchev–Trinajstić information content (AvgIpc) is 2.29. The van der Waals surface area contributed by atoms with Crippen LogP contribution >= 0.6 is 0 Å². The number of hydrogen-bond donors (Lipinski definition) is 0. The number of ether oxygens (including phenoxy) is 1. The molecule has 15 heavy (non-hydrogen) atoms. The Morgan fingerprint density at radius 3 is 3.07 bits per heavy atom. The Hall–Kier alpha value is -1.50. The van der Waals surface area contributed by atoms with Gasteiger partial charge in [0.15, 0.2) is 0 Å². The summed E-state index contributed by atoms with van der Waals surface area (Å²) in [6.45, 7) is 3.80. The van der Waals surface area contributed by atoms with Gasteiger partial charge in [0.1, 0.15) is 5.75 Å². The molecule has 0 heterocycles. The number of aryl methyl sites for hydroxylation is 1. The van der Waals surface area contributed by atoms with Crippen LogP contribution in [0.5, 0.6) is 5.75 Å². The molecule has 1 aliphatic rings. The molecule has 1 aromatic rings. The molecular formula is C14H16O. The maximum absolute atomic E-state index is 5.24. The average molecular weight is 200 g/mol. The zero-order valence-electron chi connectivity index (χ0n) is 9.12. The minimum Gasteiger partial charge on any atom is -0.497 e. The highest BCUT2D eigenvalue weighted by Crippen LogP contribution is 2.31. The van der Waals surface area contributed by atoms with E-state index in [1.165, 1.54) is 16.7 Å². The van der Waals surface area contributed by atoms with Crippen LogP contribution in [-0.2, 0) is 6.42 Å².